The first-order valence-corrected chi connectivity index (χ1v) is 9.14. The number of hydrogen-bond acceptors (Lipinski definition) is 4. The first kappa shape index (κ1) is 19.7. The SMILES string of the molecule is CCOc1cc(C(=O)N2CCC(c3ccc(F)cc3)C2)ccc1OCC(=O)O. The molecule has 1 saturated heterocycles. The van der Waals surface area contributed by atoms with E-state index in [1.807, 2.05) is 0 Å². The maximum Gasteiger partial charge on any atom is 0.341 e. The fourth-order valence-corrected chi connectivity index (χ4v) is 3.30. The number of rotatable bonds is 7. The number of carboxylic acid groups (broad SMARTS) is 1. The molecule has 0 saturated carbocycles. The number of carbonyl (C=O) groups is 2. The Morgan fingerprint density at radius 2 is 1.89 bits per heavy atom. The second-order valence-corrected chi connectivity index (χ2v) is 6.57. The molecule has 3 rings (SSSR count). The summed E-state index contributed by atoms with van der Waals surface area (Å²) < 4.78 is 23.8. The van der Waals surface area contributed by atoms with Gasteiger partial charge in [-0.25, -0.2) is 9.18 Å². The molecule has 7 heteroatoms. The lowest BCUT2D eigenvalue weighted by atomic mass is 9.98. The van der Waals surface area contributed by atoms with Crippen LogP contribution >= 0.6 is 0 Å². The summed E-state index contributed by atoms with van der Waals surface area (Å²) in [6.07, 6.45) is 0.815. The number of benzene rings is 2. The van der Waals surface area contributed by atoms with Crippen molar-refractivity contribution < 1.29 is 28.6 Å². The molecule has 1 N–H and O–H groups in total. The number of carbonyl (C=O) groups excluding carboxylic acids is 1. The van der Waals surface area contributed by atoms with Crippen molar-refractivity contribution in [2.24, 2.45) is 0 Å². The maximum atomic E-state index is 13.1. The summed E-state index contributed by atoms with van der Waals surface area (Å²) in [5.41, 5.74) is 1.47. The second kappa shape index (κ2) is 8.73. The Bertz CT molecular complexity index is 852. The third-order valence-corrected chi connectivity index (χ3v) is 4.66. The van der Waals surface area contributed by atoms with Gasteiger partial charge in [0.25, 0.3) is 5.91 Å². The van der Waals surface area contributed by atoms with Crippen molar-refractivity contribution in [1.29, 1.82) is 0 Å². The molecule has 6 nitrogen and oxygen atoms in total. The van der Waals surface area contributed by atoms with Gasteiger partial charge in [0.05, 0.1) is 6.61 Å². The molecule has 0 radical (unpaired) electrons. The summed E-state index contributed by atoms with van der Waals surface area (Å²) in [6.45, 7) is 2.84. The Balaban J connectivity index is 1.72. The monoisotopic (exact) mass is 387 g/mol. The molecule has 0 aromatic heterocycles. The van der Waals surface area contributed by atoms with Crippen molar-refractivity contribution in [3.63, 3.8) is 0 Å². The normalized spacial score (nSPS) is 16.1. The fourth-order valence-electron chi connectivity index (χ4n) is 3.30. The van der Waals surface area contributed by atoms with Crippen LogP contribution in [0.2, 0.25) is 0 Å². The minimum atomic E-state index is -1.09. The number of carboxylic acids is 1. The molecule has 1 aliphatic rings. The third-order valence-electron chi connectivity index (χ3n) is 4.66. The van der Waals surface area contributed by atoms with Gasteiger partial charge in [-0.3, -0.25) is 4.79 Å². The number of likely N-dealkylation sites (tertiary alicyclic amines) is 1. The average molecular weight is 387 g/mol. The first-order chi connectivity index (χ1) is 13.5. The van der Waals surface area contributed by atoms with Gasteiger partial charge < -0.3 is 19.5 Å². The van der Waals surface area contributed by atoms with Gasteiger partial charge in [0.1, 0.15) is 5.82 Å². The van der Waals surface area contributed by atoms with Gasteiger partial charge in [-0.15, -0.1) is 0 Å². The molecule has 2 aromatic carbocycles. The molecule has 1 amide bonds. The van der Waals surface area contributed by atoms with E-state index in [1.54, 1.807) is 42.2 Å². The zero-order valence-electron chi connectivity index (χ0n) is 15.6. The highest BCUT2D eigenvalue weighted by Gasteiger charge is 2.28. The largest absolute Gasteiger partial charge is 0.490 e. The predicted molar refractivity (Wildman–Crippen MR) is 100 cm³/mol. The lowest BCUT2D eigenvalue weighted by Gasteiger charge is -2.18. The van der Waals surface area contributed by atoms with Crippen molar-refractivity contribution in [2.75, 3.05) is 26.3 Å². The maximum absolute atomic E-state index is 13.1. The highest BCUT2D eigenvalue weighted by atomic mass is 19.1. The number of hydrogen-bond donors (Lipinski definition) is 1. The van der Waals surface area contributed by atoms with E-state index in [1.165, 1.54) is 12.1 Å². The molecule has 2 aromatic rings. The Kier molecular flexibility index (Phi) is 6.13. The van der Waals surface area contributed by atoms with E-state index in [-0.39, 0.29) is 23.4 Å². The Hall–Kier alpha value is -3.09. The van der Waals surface area contributed by atoms with Gasteiger partial charge in [-0.05, 0) is 49.2 Å². The van der Waals surface area contributed by atoms with Gasteiger partial charge >= 0.3 is 5.97 Å². The highest BCUT2D eigenvalue weighted by molar-refractivity contribution is 5.95. The summed E-state index contributed by atoms with van der Waals surface area (Å²) in [4.78, 5) is 25.4. The zero-order valence-corrected chi connectivity index (χ0v) is 15.6. The Morgan fingerprint density at radius 3 is 2.57 bits per heavy atom. The molecule has 0 aliphatic carbocycles. The Labute approximate surface area is 162 Å². The third kappa shape index (κ3) is 4.60. The van der Waals surface area contributed by atoms with Crippen LogP contribution in [0.15, 0.2) is 42.5 Å². The molecule has 1 unspecified atom stereocenters. The quantitative estimate of drug-likeness (QED) is 0.789. The molecule has 1 fully saturated rings. The number of halogens is 1. The Morgan fingerprint density at radius 1 is 1.14 bits per heavy atom. The highest BCUT2D eigenvalue weighted by Crippen LogP contribution is 2.32. The number of aliphatic carboxylic acids is 1. The van der Waals surface area contributed by atoms with E-state index in [2.05, 4.69) is 0 Å². The summed E-state index contributed by atoms with van der Waals surface area (Å²) in [5.74, 6) is -0.699. The van der Waals surface area contributed by atoms with Crippen molar-refractivity contribution in [1.82, 2.24) is 4.90 Å². The zero-order chi connectivity index (χ0) is 20.1. The topological polar surface area (TPSA) is 76.1 Å². The molecule has 0 spiro atoms. The van der Waals surface area contributed by atoms with Gasteiger partial charge in [0.15, 0.2) is 18.1 Å². The molecule has 1 aliphatic heterocycles. The van der Waals surface area contributed by atoms with E-state index in [4.69, 9.17) is 14.6 Å². The number of amides is 1. The van der Waals surface area contributed by atoms with Crippen LogP contribution in [0, 0.1) is 5.82 Å². The van der Waals surface area contributed by atoms with Crippen LogP contribution in [-0.2, 0) is 4.79 Å². The van der Waals surface area contributed by atoms with E-state index >= 15 is 0 Å². The summed E-state index contributed by atoms with van der Waals surface area (Å²) in [5, 5.41) is 8.77. The van der Waals surface area contributed by atoms with E-state index in [0.717, 1.165) is 12.0 Å². The molecule has 148 valence electrons. The van der Waals surface area contributed by atoms with Crippen molar-refractivity contribution in [2.45, 2.75) is 19.3 Å². The number of nitrogens with zero attached hydrogens (tertiary/aromatic N) is 1. The lowest BCUT2D eigenvalue weighted by molar-refractivity contribution is -0.139. The molecular formula is C21H22FNO5. The van der Waals surface area contributed by atoms with Crippen molar-refractivity contribution >= 4 is 11.9 Å². The van der Waals surface area contributed by atoms with E-state index in [0.29, 0.717) is 31.0 Å². The average Bonchev–Trinajstić information content (AvgIpc) is 3.17. The lowest BCUT2D eigenvalue weighted by Crippen LogP contribution is -2.28. The second-order valence-electron chi connectivity index (χ2n) is 6.57. The van der Waals surface area contributed by atoms with E-state index < -0.39 is 12.6 Å². The fraction of sp³-hybridized carbons (Fsp3) is 0.333. The summed E-state index contributed by atoms with van der Waals surface area (Å²) in [6, 6.07) is 11.1. The van der Waals surface area contributed by atoms with Gasteiger partial charge in [-0.2, -0.15) is 0 Å². The van der Waals surface area contributed by atoms with Gasteiger partial charge in [0, 0.05) is 24.6 Å². The standard InChI is InChI=1S/C21H22FNO5/c1-2-27-19-11-15(5-8-18(19)28-13-20(24)25)21(26)23-10-9-16(12-23)14-3-6-17(22)7-4-14/h3-8,11,16H,2,9-10,12-13H2,1H3,(H,24,25). The molecule has 28 heavy (non-hydrogen) atoms. The van der Waals surface area contributed by atoms with Gasteiger partial charge in [0.2, 0.25) is 0 Å². The van der Waals surface area contributed by atoms with Crippen LogP contribution in [0.1, 0.15) is 35.2 Å². The van der Waals surface area contributed by atoms with Gasteiger partial charge in [-0.1, -0.05) is 12.1 Å². The minimum Gasteiger partial charge on any atom is -0.490 e. The van der Waals surface area contributed by atoms with Crippen LogP contribution in [0.5, 0.6) is 11.5 Å². The summed E-state index contributed by atoms with van der Waals surface area (Å²) >= 11 is 0. The van der Waals surface area contributed by atoms with E-state index in [9.17, 15) is 14.0 Å². The first-order valence-electron chi connectivity index (χ1n) is 9.14. The van der Waals surface area contributed by atoms with Crippen LogP contribution in [0.3, 0.4) is 0 Å². The van der Waals surface area contributed by atoms with Crippen LogP contribution in [0.25, 0.3) is 0 Å². The van der Waals surface area contributed by atoms with Crippen molar-refractivity contribution in [3.8, 4) is 11.5 Å². The van der Waals surface area contributed by atoms with Crippen LogP contribution in [-0.4, -0.2) is 48.2 Å². The molecular weight excluding hydrogens is 365 g/mol. The van der Waals surface area contributed by atoms with Crippen LogP contribution < -0.4 is 9.47 Å². The molecule has 1 atom stereocenters. The smallest absolute Gasteiger partial charge is 0.341 e. The molecule has 0 bridgehead atoms. The van der Waals surface area contributed by atoms with Crippen molar-refractivity contribution in [3.05, 3.63) is 59.4 Å². The van der Waals surface area contributed by atoms with Crippen LogP contribution in [0.4, 0.5) is 4.39 Å². The number of ether oxygens (including phenoxy) is 2. The molecule has 1 heterocycles. The predicted octanol–water partition coefficient (Wildman–Crippen LogP) is 3.32. The summed E-state index contributed by atoms with van der Waals surface area (Å²) in [7, 11) is 0. The minimum absolute atomic E-state index is 0.129.